The maximum Gasteiger partial charge on any atom is 0.243 e. The molecule has 0 radical (unpaired) electrons. The second-order valence-corrected chi connectivity index (χ2v) is 11.8. The van der Waals surface area contributed by atoms with Crippen LogP contribution in [-0.4, -0.2) is 49.7 Å². The summed E-state index contributed by atoms with van der Waals surface area (Å²) in [7, 11) is -3.62. The van der Waals surface area contributed by atoms with E-state index in [1.807, 2.05) is 43.9 Å². The summed E-state index contributed by atoms with van der Waals surface area (Å²) in [5, 5.41) is 0. The third kappa shape index (κ3) is 5.33. The summed E-state index contributed by atoms with van der Waals surface area (Å²) < 4.78 is 28.6. The zero-order valence-electron chi connectivity index (χ0n) is 20.1. The third-order valence-electron chi connectivity index (χ3n) is 7.23. The van der Waals surface area contributed by atoms with Crippen LogP contribution in [0.15, 0.2) is 47.4 Å². The second kappa shape index (κ2) is 9.98. The normalized spacial score (nSPS) is 20.7. The molecule has 0 spiro atoms. The fourth-order valence-corrected chi connectivity index (χ4v) is 7.56. The van der Waals surface area contributed by atoms with Crippen LogP contribution < -0.4 is 0 Å². The second-order valence-electron chi connectivity index (χ2n) is 9.89. The van der Waals surface area contributed by atoms with Crippen LogP contribution in [0.4, 0.5) is 0 Å². The molecular weight excluding hydrogens is 432 g/mol. The number of carbonyl (C=O) groups excluding carboxylic acids is 1. The van der Waals surface area contributed by atoms with Gasteiger partial charge in [0.05, 0.1) is 10.8 Å². The number of hydrogen-bond donors (Lipinski definition) is 0. The summed E-state index contributed by atoms with van der Waals surface area (Å²) in [6, 6.07) is 14.4. The van der Waals surface area contributed by atoms with Gasteiger partial charge in [0.15, 0.2) is 0 Å². The molecule has 2 saturated heterocycles. The van der Waals surface area contributed by atoms with Crippen molar-refractivity contribution in [2.45, 2.75) is 57.8 Å². The van der Waals surface area contributed by atoms with Crippen LogP contribution in [0.25, 0.3) is 0 Å². The van der Waals surface area contributed by atoms with E-state index in [1.54, 1.807) is 4.31 Å². The molecular formula is C27H36N2O3S. The minimum atomic E-state index is -3.62. The van der Waals surface area contributed by atoms with Gasteiger partial charge in [-0.05, 0) is 75.5 Å². The van der Waals surface area contributed by atoms with Crippen LogP contribution in [0.3, 0.4) is 0 Å². The third-order valence-corrected chi connectivity index (χ3v) is 9.40. The largest absolute Gasteiger partial charge is 0.342 e. The van der Waals surface area contributed by atoms with Gasteiger partial charge in [0.1, 0.15) is 0 Å². The minimum Gasteiger partial charge on any atom is -0.342 e. The molecule has 2 fully saturated rings. The Morgan fingerprint density at radius 2 is 1.58 bits per heavy atom. The predicted octanol–water partition coefficient (Wildman–Crippen LogP) is 4.49. The molecule has 0 N–H and O–H groups in total. The molecule has 0 aliphatic carbocycles. The summed E-state index contributed by atoms with van der Waals surface area (Å²) in [4.78, 5) is 15.7. The zero-order chi connectivity index (χ0) is 23.6. The molecule has 0 unspecified atom stereocenters. The Morgan fingerprint density at radius 1 is 0.939 bits per heavy atom. The number of carbonyl (C=O) groups is 1. The Balaban J connectivity index is 1.39. The maximum atomic E-state index is 13.5. The number of hydrogen-bond acceptors (Lipinski definition) is 3. The van der Waals surface area contributed by atoms with E-state index in [9.17, 15) is 13.2 Å². The first-order valence-corrected chi connectivity index (χ1v) is 13.6. The van der Waals surface area contributed by atoms with Gasteiger partial charge in [-0.25, -0.2) is 8.42 Å². The van der Waals surface area contributed by atoms with Crippen LogP contribution in [0, 0.1) is 32.6 Å². The van der Waals surface area contributed by atoms with Crippen molar-refractivity contribution < 1.29 is 13.2 Å². The molecule has 4 rings (SSSR count). The van der Waals surface area contributed by atoms with Crippen LogP contribution in [0.5, 0.6) is 0 Å². The Morgan fingerprint density at radius 3 is 2.21 bits per heavy atom. The number of nitrogens with zero attached hydrogens (tertiary/aromatic N) is 2. The van der Waals surface area contributed by atoms with E-state index in [1.165, 1.54) is 5.56 Å². The first-order chi connectivity index (χ1) is 15.8. The predicted molar refractivity (Wildman–Crippen MR) is 132 cm³/mol. The quantitative estimate of drug-likeness (QED) is 0.650. The van der Waals surface area contributed by atoms with E-state index >= 15 is 0 Å². The molecule has 178 valence electrons. The van der Waals surface area contributed by atoms with Crippen molar-refractivity contribution in [2.24, 2.45) is 11.8 Å². The fraction of sp³-hybridized carbons (Fsp3) is 0.519. The van der Waals surface area contributed by atoms with Gasteiger partial charge in [0, 0.05) is 26.2 Å². The van der Waals surface area contributed by atoms with E-state index in [0.717, 1.165) is 61.9 Å². The average molecular weight is 469 g/mol. The maximum absolute atomic E-state index is 13.5. The number of rotatable bonds is 5. The number of benzene rings is 2. The van der Waals surface area contributed by atoms with Gasteiger partial charge in [0.2, 0.25) is 15.9 Å². The first kappa shape index (κ1) is 24.0. The van der Waals surface area contributed by atoms with Crippen LogP contribution >= 0.6 is 0 Å². The SMILES string of the molecule is Cc1cc(C)c(S(=O)(=O)N2CCC[C@H](C(=O)N3CCC(Cc4ccccc4)CC3)C2)c(C)c1. The molecule has 2 aromatic rings. The Bertz CT molecular complexity index is 1070. The first-order valence-electron chi connectivity index (χ1n) is 12.2. The summed E-state index contributed by atoms with van der Waals surface area (Å²) >= 11 is 0. The monoisotopic (exact) mass is 468 g/mol. The highest BCUT2D eigenvalue weighted by molar-refractivity contribution is 7.89. The lowest BCUT2D eigenvalue weighted by atomic mass is 9.89. The lowest BCUT2D eigenvalue weighted by Gasteiger charge is -2.37. The van der Waals surface area contributed by atoms with E-state index in [0.29, 0.717) is 17.4 Å². The van der Waals surface area contributed by atoms with Crippen molar-refractivity contribution in [1.82, 2.24) is 9.21 Å². The van der Waals surface area contributed by atoms with Crippen molar-refractivity contribution in [3.8, 4) is 0 Å². The standard InChI is InChI=1S/C27H36N2O3S/c1-20-16-21(2)26(22(3)17-20)33(31,32)29-13-7-10-25(19-29)27(30)28-14-11-24(12-15-28)18-23-8-5-4-6-9-23/h4-6,8-9,16-17,24-25H,7,10-15,18-19H2,1-3H3/t25-/m0/s1. The zero-order valence-corrected chi connectivity index (χ0v) is 20.9. The van der Waals surface area contributed by atoms with Crippen LogP contribution in [-0.2, 0) is 21.2 Å². The minimum absolute atomic E-state index is 0.130. The summed E-state index contributed by atoms with van der Waals surface area (Å²) in [5.41, 5.74) is 3.98. The smallest absolute Gasteiger partial charge is 0.243 e. The fourth-order valence-electron chi connectivity index (χ4n) is 5.63. The van der Waals surface area contributed by atoms with Crippen molar-refractivity contribution in [1.29, 1.82) is 0 Å². The van der Waals surface area contributed by atoms with Crippen LogP contribution in [0.1, 0.15) is 47.9 Å². The van der Waals surface area contributed by atoms with Gasteiger partial charge in [-0.3, -0.25) is 4.79 Å². The Hall–Kier alpha value is -2.18. The molecule has 0 saturated carbocycles. The van der Waals surface area contributed by atoms with E-state index < -0.39 is 10.0 Å². The topological polar surface area (TPSA) is 57.7 Å². The van der Waals surface area contributed by atoms with Crippen molar-refractivity contribution in [2.75, 3.05) is 26.2 Å². The van der Waals surface area contributed by atoms with Crippen molar-refractivity contribution in [3.63, 3.8) is 0 Å². The highest BCUT2D eigenvalue weighted by Gasteiger charge is 2.37. The van der Waals surface area contributed by atoms with Gasteiger partial charge in [-0.15, -0.1) is 0 Å². The molecule has 2 aliphatic rings. The van der Waals surface area contributed by atoms with Crippen LogP contribution in [0.2, 0.25) is 0 Å². The average Bonchev–Trinajstić information content (AvgIpc) is 2.79. The number of piperidine rings is 2. The highest BCUT2D eigenvalue weighted by atomic mass is 32.2. The van der Waals surface area contributed by atoms with Crippen molar-refractivity contribution in [3.05, 3.63) is 64.7 Å². The number of likely N-dealkylation sites (tertiary alicyclic amines) is 1. The van der Waals surface area contributed by atoms with E-state index in [2.05, 4.69) is 24.3 Å². The molecule has 1 atom stereocenters. The molecule has 33 heavy (non-hydrogen) atoms. The molecule has 6 heteroatoms. The molecule has 2 aromatic carbocycles. The molecule has 2 aliphatic heterocycles. The molecule has 0 bridgehead atoms. The number of sulfonamides is 1. The summed E-state index contributed by atoms with van der Waals surface area (Å²) in [5.74, 6) is 0.489. The molecule has 2 heterocycles. The van der Waals surface area contributed by atoms with E-state index in [-0.39, 0.29) is 18.4 Å². The van der Waals surface area contributed by atoms with Gasteiger partial charge < -0.3 is 4.90 Å². The van der Waals surface area contributed by atoms with E-state index in [4.69, 9.17) is 0 Å². The highest BCUT2D eigenvalue weighted by Crippen LogP contribution is 2.30. The number of aryl methyl sites for hydroxylation is 3. The van der Waals surface area contributed by atoms with Gasteiger partial charge in [-0.2, -0.15) is 4.31 Å². The summed E-state index contributed by atoms with van der Waals surface area (Å²) in [6.45, 7) is 8.02. The van der Waals surface area contributed by atoms with Gasteiger partial charge >= 0.3 is 0 Å². The molecule has 5 nitrogen and oxygen atoms in total. The molecule has 0 aromatic heterocycles. The lowest BCUT2D eigenvalue weighted by molar-refractivity contribution is -0.138. The van der Waals surface area contributed by atoms with Gasteiger partial charge in [-0.1, -0.05) is 48.0 Å². The Kier molecular flexibility index (Phi) is 7.25. The number of amides is 1. The summed E-state index contributed by atoms with van der Waals surface area (Å²) in [6.07, 6.45) is 4.58. The van der Waals surface area contributed by atoms with Crippen molar-refractivity contribution >= 4 is 15.9 Å². The lowest BCUT2D eigenvalue weighted by Crippen LogP contribution is -2.48. The van der Waals surface area contributed by atoms with Gasteiger partial charge in [0.25, 0.3) is 0 Å². The Labute approximate surface area is 198 Å². The molecule has 1 amide bonds.